The van der Waals surface area contributed by atoms with E-state index < -0.39 is 35.2 Å². The van der Waals surface area contributed by atoms with Crippen LogP contribution >= 0.6 is 0 Å². The number of alkyl halides is 9. The van der Waals surface area contributed by atoms with Crippen molar-refractivity contribution in [3.8, 4) is 51.1 Å². The molecule has 0 radical (unpaired) electrons. The van der Waals surface area contributed by atoms with Gasteiger partial charge in [0.1, 0.15) is 6.07 Å². The molecule has 4 heterocycles. The minimum atomic E-state index is -4.94. The molecule has 4 aromatic heterocycles. The first-order valence-electron chi connectivity index (χ1n) is 30.3. The van der Waals surface area contributed by atoms with Crippen LogP contribution in [0.2, 0.25) is 0 Å². The van der Waals surface area contributed by atoms with Crippen molar-refractivity contribution in [1.82, 2.24) is 18.3 Å². The van der Waals surface area contributed by atoms with Gasteiger partial charge >= 0.3 is 18.5 Å². The first kappa shape index (κ1) is 59.0. The van der Waals surface area contributed by atoms with Crippen LogP contribution in [0, 0.1) is 39.0 Å². The molecule has 5 nitrogen and oxygen atoms in total. The highest BCUT2D eigenvalue weighted by atomic mass is 19.4. The van der Waals surface area contributed by atoms with Crippen molar-refractivity contribution in [3.05, 3.63) is 287 Å². The lowest BCUT2D eigenvalue weighted by molar-refractivity contribution is -0.138. The number of aryl methyl sites for hydroxylation is 4. The summed E-state index contributed by atoms with van der Waals surface area (Å²) in [5.41, 5.74) is 8.28. The van der Waals surface area contributed by atoms with E-state index in [9.17, 15) is 31.6 Å². The Morgan fingerprint density at radius 1 is 0.277 bits per heavy atom. The van der Waals surface area contributed by atoms with Gasteiger partial charge in [-0.25, -0.2) is 0 Å². The molecule has 94 heavy (non-hydrogen) atoms. The Balaban J connectivity index is 0.000000155. The molecule has 0 fully saturated rings. The van der Waals surface area contributed by atoms with Gasteiger partial charge in [0.05, 0.1) is 89.1 Å². The number of nitrogens with zero attached hydrogens (tertiary/aromatic N) is 5. The standard InChI is InChI=1S/C40H26F6N2.C40H26F3N3/c1-23-15-17-29-27-10-4-7-13-33(27)47(35(29)19-23)37-22-25(26-9-3-6-12-31(26)39(41,42)43)21-32(40(44,45)46)38(37)48-34-14-8-5-11-28(34)30-18-16-24(2)20-36(30)48;1-24-15-17-31-29-10-4-7-13-34(29)45(36(31)19-24)38-22-26(28-9-3-6-12-33(28)40(41,42)43)21-27(23-44)39(38)46-35-14-8-5-11-30(35)32-18-16-25(2)20-37(32)46/h3-22H,1-2H3;3-22H,1-2H3. The van der Waals surface area contributed by atoms with Crippen molar-refractivity contribution >= 4 is 87.2 Å². The smallest absolute Gasteiger partial charge is 0.307 e. The highest BCUT2D eigenvalue weighted by molar-refractivity contribution is 6.14. The number of aromatic nitrogens is 4. The normalized spacial score (nSPS) is 12.3. The van der Waals surface area contributed by atoms with E-state index in [0.29, 0.717) is 39.0 Å². The molecule has 0 saturated heterocycles. The maximum atomic E-state index is 15.6. The van der Waals surface area contributed by atoms with Gasteiger partial charge in [-0.2, -0.15) is 44.8 Å². The number of fused-ring (bicyclic) bond motifs is 12. The van der Waals surface area contributed by atoms with Crippen LogP contribution in [-0.2, 0) is 18.5 Å². The summed E-state index contributed by atoms with van der Waals surface area (Å²) in [6, 6.07) is 73.1. The fourth-order valence-corrected chi connectivity index (χ4v) is 13.9. The minimum Gasteiger partial charge on any atom is -0.307 e. The number of halogens is 9. The van der Waals surface area contributed by atoms with E-state index in [4.69, 9.17) is 0 Å². The zero-order chi connectivity index (χ0) is 65.3. The Hall–Kier alpha value is -11.3. The zero-order valence-corrected chi connectivity index (χ0v) is 50.7. The number of para-hydroxylation sites is 4. The molecule has 16 rings (SSSR count). The van der Waals surface area contributed by atoms with Crippen molar-refractivity contribution in [1.29, 1.82) is 5.26 Å². The van der Waals surface area contributed by atoms with E-state index in [2.05, 4.69) is 63.7 Å². The molecule has 12 aromatic carbocycles. The summed E-state index contributed by atoms with van der Waals surface area (Å²) < 4.78 is 141. The Morgan fingerprint density at radius 2 is 0.564 bits per heavy atom. The van der Waals surface area contributed by atoms with Gasteiger partial charge in [0.15, 0.2) is 0 Å². The van der Waals surface area contributed by atoms with Crippen molar-refractivity contribution in [2.24, 2.45) is 0 Å². The van der Waals surface area contributed by atoms with Crippen LogP contribution in [0.1, 0.15) is 44.5 Å². The Labute approximate surface area is 532 Å². The van der Waals surface area contributed by atoms with Crippen LogP contribution in [0.5, 0.6) is 0 Å². The molecule has 0 atom stereocenters. The van der Waals surface area contributed by atoms with Crippen molar-refractivity contribution in [3.63, 3.8) is 0 Å². The molecule has 0 aliphatic carbocycles. The monoisotopic (exact) mass is 1250 g/mol. The molecule has 16 aromatic rings. The molecule has 0 aliphatic rings. The lowest BCUT2D eigenvalue weighted by atomic mass is 9.95. The summed E-state index contributed by atoms with van der Waals surface area (Å²) in [5.74, 6) is 0. The van der Waals surface area contributed by atoms with Gasteiger partial charge in [-0.15, -0.1) is 0 Å². The Kier molecular flexibility index (Phi) is 13.8. The van der Waals surface area contributed by atoms with Crippen molar-refractivity contribution in [2.75, 3.05) is 0 Å². The highest BCUT2D eigenvalue weighted by Gasteiger charge is 2.40. The van der Waals surface area contributed by atoms with Gasteiger partial charge in [-0.1, -0.05) is 158 Å². The zero-order valence-electron chi connectivity index (χ0n) is 50.7. The third-order valence-electron chi connectivity index (χ3n) is 17.9. The summed E-state index contributed by atoms with van der Waals surface area (Å²) >= 11 is 0. The molecule has 0 aliphatic heterocycles. The predicted molar refractivity (Wildman–Crippen MR) is 360 cm³/mol. The SMILES string of the molecule is Cc1ccc2c3ccccc3n(-c3cc(-c4ccccc4C(F)(F)F)cc(C#N)c3-n3c4ccccc4c4ccc(C)cc43)c2c1.Cc1ccc2c3ccccc3n(-c3cc(-c4ccccc4C(F)(F)F)cc(C(F)(F)F)c3-n3c4ccccc4c4ccc(C)cc43)c2c1. The van der Waals surface area contributed by atoms with Gasteiger partial charge in [0.25, 0.3) is 0 Å². The van der Waals surface area contributed by atoms with Gasteiger partial charge in [-0.05, 0) is 157 Å². The van der Waals surface area contributed by atoms with Crippen LogP contribution in [0.15, 0.2) is 243 Å². The molecular formula is C80H52F9N5. The maximum absolute atomic E-state index is 15.6. The van der Waals surface area contributed by atoms with E-state index >= 15 is 13.2 Å². The highest BCUT2D eigenvalue weighted by Crippen LogP contribution is 2.49. The number of benzene rings is 12. The first-order chi connectivity index (χ1) is 45.2. The molecule has 0 spiro atoms. The summed E-state index contributed by atoms with van der Waals surface area (Å²) in [4.78, 5) is 0. The van der Waals surface area contributed by atoms with Crippen molar-refractivity contribution in [2.45, 2.75) is 46.2 Å². The third-order valence-corrected chi connectivity index (χ3v) is 17.9. The van der Waals surface area contributed by atoms with E-state index in [1.54, 1.807) is 33.4 Å². The van der Waals surface area contributed by atoms with Crippen LogP contribution in [0.3, 0.4) is 0 Å². The predicted octanol–water partition coefficient (Wildman–Crippen LogP) is 23.3. The second kappa shape index (κ2) is 21.9. The number of hydrogen-bond donors (Lipinski definition) is 0. The van der Waals surface area contributed by atoms with Crippen LogP contribution in [0.25, 0.3) is 132 Å². The molecule has 0 unspecified atom stereocenters. The largest absolute Gasteiger partial charge is 0.418 e. The van der Waals surface area contributed by atoms with E-state index in [0.717, 1.165) is 106 Å². The summed E-state index contributed by atoms with van der Waals surface area (Å²) in [6.07, 6.45) is -14.3. The lowest BCUT2D eigenvalue weighted by Crippen LogP contribution is -2.15. The Bertz CT molecular complexity index is 5840. The summed E-state index contributed by atoms with van der Waals surface area (Å²) in [6.45, 7) is 7.82. The molecular weight excluding hydrogens is 1200 g/mol. The van der Waals surface area contributed by atoms with Crippen molar-refractivity contribution < 1.29 is 39.5 Å². The maximum Gasteiger partial charge on any atom is 0.418 e. The molecule has 14 heteroatoms. The lowest BCUT2D eigenvalue weighted by Gasteiger charge is -2.24. The number of rotatable bonds is 6. The van der Waals surface area contributed by atoms with Gasteiger partial charge in [0.2, 0.25) is 0 Å². The second-order valence-corrected chi connectivity index (χ2v) is 24.0. The fourth-order valence-electron chi connectivity index (χ4n) is 13.9. The molecule has 460 valence electrons. The minimum absolute atomic E-state index is 0.0225. The van der Waals surface area contributed by atoms with Gasteiger partial charge in [0, 0.05) is 43.1 Å². The molecule has 0 N–H and O–H groups in total. The molecule has 0 saturated carbocycles. The van der Waals surface area contributed by atoms with E-state index in [-0.39, 0.29) is 33.6 Å². The van der Waals surface area contributed by atoms with E-state index in [1.807, 2.05) is 143 Å². The summed E-state index contributed by atoms with van der Waals surface area (Å²) in [7, 11) is 0. The van der Waals surface area contributed by atoms with Gasteiger partial charge < -0.3 is 18.3 Å². The fraction of sp³-hybridized carbons (Fsp3) is 0.0875. The number of hydrogen-bond acceptors (Lipinski definition) is 1. The second-order valence-electron chi connectivity index (χ2n) is 24.0. The first-order valence-corrected chi connectivity index (χ1v) is 30.3. The van der Waals surface area contributed by atoms with Crippen LogP contribution in [0.4, 0.5) is 39.5 Å². The molecule has 0 bridgehead atoms. The quantitative estimate of drug-likeness (QED) is 0.153. The Morgan fingerprint density at radius 3 is 0.926 bits per heavy atom. The average molecular weight is 1250 g/mol. The third kappa shape index (κ3) is 9.63. The topological polar surface area (TPSA) is 43.5 Å². The van der Waals surface area contributed by atoms with Crippen LogP contribution in [-0.4, -0.2) is 18.3 Å². The van der Waals surface area contributed by atoms with E-state index in [1.165, 1.54) is 36.4 Å². The number of nitriles is 1. The van der Waals surface area contributed by atoms with Crippen LogP contribution < -0.4 is 0 Å². The average Bonchev–Trinajstić information content (AvgIpc) is 1.52. The summed E-state index contributed by atoms with van der Waals surface area (Å²) in [5, 5.41) is 18.1. The molecule has 0 amide bonds. The van der Waals surface area contributed by atoms with Gasteiger partial charge in [-0.3, -0.25) is 0 Å².